The average Bonchev–Trinajstić information content (AvgIpc) is 2.82. The van der Waals surface area contributed by atoms with Crippen LogP contribution in [-0.4, -0.2) is 33.4 Å². The van der Waals surface area contributed by atoms with Gasteiger partial charge in [0.1, 0.15) is 11.5 Å². The number of carbonyl (C=O) groups excluding carboxylic acids is 1. The van der Waals surface area contributed by atoms with E-state index in [4.69, 9.17) is 0 Å². The lowest BCUT2D eigenvalue weighted by Gasteiger charge is -2.29. The summed E-state index contributed by atoms with van der Waals surface area (Å²) in [5.41, 5.74) is 0.654. The number of fused-ring (bicyclic) bond motifs is 1. The van der Waals surface area contributed by atoms with Crippen LogP contribution in [0.5, 0.6) is 0 Å². The highest BCUT2D eigenvalue weighted by atomic mass is 16.2. The molecule has 0 spiro atoms. The molecule has 1 aromatic rings. The predicted octanol–water partition coefficient (Wildman–Crippen LogP) is 2.09. The Balaban J connectivity index is 1.74. The first kappa shape index (κ1) is 11.8. The molecule has 4 heteroatoms. The molecule has 2 aliphatic heterocycles. The van der Waals surface area contributed by atoms with E-state index in [2.05, 4.69) is 16.5 Å². The quantitative estimate of drug-likeness (QED) is 0.762. The van der Waals surface area contributed by atoms with Crippen molar-refractivity contribution in [3.05, 3.63) is 17.7 Å². The van der Waals surface area contributed by atoms with Gasteiger partial charge >= 0.3 is 0 Å². The molecule has 0 N–H and O–H groups in total. The molecule has 0 aliphatic carbocycles. The van der Waals surface area contributed by atoms with E-state index in [1.54, 1.807) is 0 Å². The van der Waals surface area contributed by atoms with Crippen LogP contribution in [-0.2, 0) is 13.0 Å². The molecule has 0 atom stereocenters. The van der Waals surface area contributed by atoms with Gasteiger partial charge in [0.05, 0.1) is 0 Å². The first-order valence-corrected chi connectivity index (χ1v) is 7.09. The molecule has 0 radical (unpaired) electrons. The molecule has 1 saturated heterocycles. The molecule has 1 amide bonds. The normalized spacial score (nSPS) is 20.8. The van der Waals surface area contributed by atoms with Gasteiger partial charge in [0.2, 0.25) is 0 Å². The molecule has 4 nitrogen and oxygen atoms in total. The summed E-state index contributed by atoms with van der Waals surface area (Å²) in [4.78, 5) is 18.9. The molecule has 0 bridgehead atoms. The van der Waals surface area contributed by atoms with E-state index >= 15 is 0 Å². The van der Waals surface area contributed by atoms with Crippen LogP contribution in [0.3, 0.4) is 0 Å². The Hall–Kier alpha value is -1.32. The van der Waals surface area contributed by atoms with Crippen LogP contribution in [0, 0.1) is 5.92 Å². The number of rotatable bonds is 1. The van der Waals surface area contributed by atoms with Crippen molar-refractivity contribution in [2.75, 3.05) is 13.1 Å². The SMILES string of the molecule is CC1CCN(C(=O)c2cn3c(n2)CCCC3)CC1. The summed E-state index contributed by atoms with van der Waals surface area (Å²) in [6.07, 6.45) is 7.63. The van der Waals surface area contributed by atoms with Crippen molar-refractivity contribution >= 4 is 5.91 Å². The van der Waals surface area contributed by atoms with Crippen LogP contribution in [0.4, 0.5) is 0 Å². The van der Waals surface area contributed by atoms with Crippen LogP contribution in [0.15, 0.2) is 6.20 Å². The third-order valence-corrected chi connectivity index (χ3v) is 4.20. The van der Waals surface area contributed by atoms with Gasteiger partial charge in [-0.1, -0.05) is 6.92 Å². The van der Waals surface area contributed by atoms with E-state index in [1.807, 2.05) is 11.1 Å². The summed E-state index contributed by atoms with van der Waals surface area (Å²) in [5.74, 6) is 1.98. The molecule has 3 rings (SSSR count). The number of likely N-dealkylation sites (tertiary alicyclic amines) is 1. The van der Waals surface area contributed by atoms with Crippen molar-refractivity contribution < 1.29 is 4.79 Å². The zero-order chi connectivity index (χ0) is 12.5. The minimum Gasteiger partial charge on any atom is -0.337 e. The van der Waals surface area contributed by atoms with Crippen LogP contribution in [0.2, 0.25) is 0 Å². The number of aryl methyl sites for hydroxylation is 2. The van der Waals surface area contributed by atoms with Crippen molar-refractivity contribution in [1.29, 1.82) is 0 Å². The molecule has 2 aliphatic rings. The summed E-state index contributed by atoms with van der Waals surface area (Å²) in [5, 5.41) is 0. The fraction of sp³-hybridized carbons (Fsp3) is 0.714. The second-order valence-electron chi connectivity index (χ2n) is 5.67. The number of imidazole rings is 1. The number of carbonyl (C=O) groups is 1. The lowest BCUT2D eigenvalue weighted by Crippen LogP contribution is -2.38. The van der Waals surface area contributed by atoms with E-state index in [9.17, 15) is 4.79 Å². The fourth-order valence-corrected chi connectivity index (χ4v) is 2.89. The first-order chi connectivity index (χ1) is 8.74. The van der Waals surface area contributed by atoms with Gasteiger partial charge in [0, 0.05) is 32.3 Å². The Morgan fingerprint density at radius 2 is 2.06 bits per heavy atom. The molecule has 98 valence electrons. The summed E-state index contributed by atoms with van der Waals surface area (Å²) in [6.45, 7) is 5.06. The highest BCUT2D eigenvalue weighted by Gasteiger charge is 2.24. The van der Waals surface area contributed by atoms with Crippen LogP contribution in [0.25, 0.3) is 0 Å². The van der Waals surface area contributed by atoms with Crippen LogP contribution in [0.1, 0.15) is 48.9 Å². The number of hydrogen-bond acceptors (Lipinski definition) is 2. The van der Waals surface area contributed by atoms with Gasteiger partial charge in [-0.15, -0.1) is 0 Å². The van der Waals surface area contributed by atoms with E-state index < -0.39 is 0 Å². The lowest BCUT2D eigenvalue weighted by atomic mass is 9.99. The van der Waals surface area contributed by atoms with E-state index in [0.717, 1.165) is 50.6 Å². The van der Waals surface area contributed by atoms with Crippen LogP contribution >= 0.6 is 0 Å². The minimum atomic E-state index is 0.129. The number of piperidine rings is 1. The molecule has 18 heavy (non-hydrogen) atoms. The van der Waals surface area contributed by atoms with Crippen molar-refractivity contribution in [2.24, 2.45) is 5.92 Å². The molecule has 3 heterocycles. The van der Waals surface area contributed by atoms with Crippen molar-refractivity contribution in [3.63, 3.8) is 0 Å². The maximum atomic E-state index is 12.4. The molecule has 0 aromatic carbocycles. The number of aromatic nitrogens is 2. The Kier molecular flexibility index (Phi) is 3.10. The van der Waals surface area contributed by atoms with Crippen molar-refractivity contribution in [3.8, 4) is 0 Å². The molecular weight excluding hydrogens is 226 g/mol. The van der Waals surface area contributed by atoms with Crippen molar-refractivity contribution in [1.82, 2.24) is 14.5 Å². The first-order valence-electron chi connectivity index (χ1n) is 7.09. The van der Waals surface area contributed by atoms with E-state index in [1.165, 1.54) is 12.8 Å². The maximum Gasteiger partial charge on any atom is 0.274 e. The van der Waals surface area contributed by atoms with Crippen LogP contribution < -0.4 is 0 Å². The van der Waals surface area contributed by atoms with E-state index in [-0.39, 0.29) is 5.91 Å². The summed E-state index contributed by atoms with van der Waals surface area (Å²) >= 11 is 0. The molecular formula is C14H21N3O. The smallest absolute Gasteiger partial charge is 0.274 e. The summed E-state index contributed by atoms with van der Waals surface area (Å²) in [6, 6.07) is 0. The zero-order valence-electron chi connectivity index (χ0n) is 11.1. The van der Waals surface area contributed by atoms with Gasteiger partial charge in [0.25, 0.3) is 5.91 Å². The molecule has 0 unspecified atom stereocenters. The van der Waals surface area contributed by atoms with Crippen molar-refractivity contribution in [2.45, 2.75) is 45.6 Å². The predicted molar refractivity (Wildman–Crippen MR) is 69.5 cm³/mol. The monoisotopic (exact) mass is 247 g/mol. The zero-order valence-corrected chi connectivity index (χ0v) is 11.1. The third-order valence-electron chi connectivity index (χ3n) is 4.20. The highest BCUT2D eigenvalue weighted by molar-refractivity contribution is 5.92. The number of hydrogen-bond donors (Lipinski definition) is 0. The average molecular weight is 247 g/mol. The van der Waals surface area contributed by atoms with Gasteiger partial charge in [-0.2, -0.15) is 0 Å². The van der Waals surface area contributed by atoms with E-state index in [0.29, 0.717) is 5.69 Å². The summed E-state index contributed by atoms with van der Waals surface area (Å²) < 4.78 is 2.16. The lowest BCUT2D eigenvalue weighted by molar-refractivity contribution is 0.0691. The minimum absolute atomic E-state index is 0.129. The maximum absolute atomic E-state index is 12.4. The molecule has 1 fully saturated rings. The Labute approximate surface area is 108 Å². The van der Waals surface area contributed by atoms with Gasteiger partial charge < -0.3 is 9.47 Å². The van der Waals surface area contributed by atoms with Gasteiger partial charge in [0.15, 0.2) is 0 Å². The Bertz CT molecular complexity index is 420. The largest absolute Gasteiger partial charge is 0.337 e. The fourth-order valence-electron chi connectivity index (χ4n) is 2.89. The summed E-state index contributed by atoms with van der Waals surface area (Å²) in [7, 11) is 0. The standard InChI is InChI=1S/C14H21N3O/c1-11-5-8-16(9-6-11)14(18)12-10-17-7-3-2-4-13(17)15-12/h10-11H,2-9H2,1H3. The topological polar surface area (TPSA) is 38.1 Å². The Morgan fingerprint density at radius 1 is 1.28 bits per heavy atom. The van der Waals surface area contributed by atoms with Gasteiger partial charge in [-0.05, 0) is 31.6 Å². The van der Waals surface area contributed by atoms with Gasteiger partial charge in [-0.25, -0.2) is 4.98 Å². The number of nitrogens with zero attached hydrogens (tertiary/aromatic N) is 3. The Morgan fingerprint density at radius 3 is 2.78 bits per heavy atom. The highest BCUT2D eigenvalue weighted by Crippen LogP contribution is 2.19. The second kappa shape index (κ2) is 4.75. The number of amides is 1. The third kappa shape index (κ3) is 2.16. The molecule has 1 aromatic heterocycles. The second-order valence-corrected chi connectivity index (χ2v) is 5.67. The van der Waals surface area contributed by atoms with Gasteiger partial charge in [-0.3, -0.25) is 4.79 Å². The molecule has 0 saturated carbocycles.